The molecular formula is C10H10Cl2Si. The van der Waals surface area contributed by atoms with Crippen molar-refractivity contribution in [1.82, 2.24) is 0 Å². The maximum atomic E-state index is 6.44. The van der Waals surface area contributed by atoms with E-state index < -0.39 is 6.69 Å². The molecule has 13 heavy (non-hydrogen) atoms. The first-order valence-electron chi connectivity index (χ1n) is 4.31. The predicted molar refractivity (Wildman–Crippen MR) is 61.1 cm³/mol. The van der Waals surface area contributed by atoms with E-state index in [1.807, 2.05) is 12.2 Å². The first-order valence-corrected chi connectivity index (χ1v) is 8.34. The van der Waals surface area contributed by atoms with E-state index in [-0.39, 0.29) is 0 Å². The molecule has 0 fully saturated rings. The molecule has 2 aliphatic rings. The maximum Gasteiger partial charge on any atom is 0.303 e. The van der Waals surface area contributed by atoms with E-state index in [1.165, 1.54) is 10.4 Å². The van der Waals surface area contributed by atoms with Gasteiger partial charge in [0.2, 0.25) is 0 Å². The molecule has 0 aromatic heterocycles. The van der Waals surface area contributed by atoms with Gasteiger partial charge in [0.15, 0.2) is 0 Å². The van der Waals surface area contributed by atoms with E-state index in [4.69, 9.17) is 22.2 Å². The first kappa shape index (κ1) is 9.32. The summed E-state index contributed by atoms with van der Waals surface area (Å²) in [5, 5.41) is 2.43. The van der Waals surface area contributed by atoms with Gasteiger partial charge in [-0.2, -0.15) is 0 Å². The molecule has 0 saturated carbocycles. The highest BCUT2D eigenvalue weighted by molar-refractivity contribution is 7.51. The van der Waals surface area contributed by atoms with Crippen LogP contribution >= 0.6 is 22.2 Å². The van der Waals surface area contributed by atoms with Gasteiger partial charge in [0.1, 0.15) is 0 Å². The molecule has 0 atom stereocenters. The van der Waals surface area contributed by atoms with Gasteiger partial charge in [-0.1, -0.05) is 36.5 Å². The number of rotatable bonds is 2. The molecule has 68 valence electrons. The molecule has 0 aromatic carbocycles. The van der Waals surface area contributed by atoms with Crippen LogP contribution in [0.3, 0.4) is 0 Å². The molecule has 3 heteroatoms. The summed E-state index contributed by atoms with van der Waals surface area (Å²) in [5.74, 6) is 0. The highest BCUT2D eigenvalue weighted by Crippen LogP contribution is 2.38. The second kappa shape index (κ2) is 3.49. The van der Waals surface area contributed by atoms with Crippen molar-refractivity contribution in [3.05, 3.63) is 46.8 Å². The summed E-state index contributed by atoms with van der Waals surface area (Å²) in [7, 11) is 0. The van der Waals surface area contributed by atoms with Gasteiger partial charge < -0.3 is 0 Å². The number of allylic oxidation sites excluding steroid dienone is 8. The van der Waals surface area contributed by atoms with Crippen LogP contribution < -0.4 is 0 Å². The lowest BCUT2D eigenvalue weighted by Gasteiger charge is -2.19. The molecule has 2 rings (SSSR count). The molecule has 2 aliphatic carbocycles. The zero-order valence-electron chi connectivity index (χ0n) is 7.13. The van der Waals surface area contributed by atoms with Crippen LogP contribution in [-0.2, 0) is 0 Å². The SMILES string of the molecule is Cl[Si](Cl)(C1=CC=CC1)C1=CC=CC1. The van der Waals surface area contributed by atoms with Crippen molar-refractivity contribution in [1.29, 1.82) is 0 Å². The Balaban J connectivity index is 2.20. The van der Waals surface area contributed by atoms with Gasteiger partial charge >= 0.3 is 6.69 Å². The quantitative estimate of drug-likeness (QED) is 0.499. The summed E-state index contributed by atoms with van der Waals surface area (Å²) in [6.07, 6.45) is 14.2. The third-order valence-electron chi connectivity index (χ3n) is 2.35. The molecule has 0 aliphatic heterocycles. The third kappa shape index (κ3) is 1.69. The van der Waals surface area contributed by atoms with E-state index >= 15 is 0 Å². The third-order valence-corrected chi connectivity index (χ3v) is 7.62. The Hall–Kier alpha value is -0.243. The van der Waals surface area contributed by atoms with Gasteiger partial charge in [0.05, 0.1) is 0 Å². The van der Waals surface area contributed by atoms with E-state index in [0.29, 0.717) is 0 Å². The highest BCUT2D eigenvalue weighted by atomic mass is 35.7. The fourth-order valence-electron chi connectivity index (χ4n) is 1.57. The number of hydrogen-bond donors (Lipinski definition) is 0. The lowest BCUT2D eigenvalue weighted by Crippen LogP contribution is -2.25. The monoisotopic (exact) mass is 228 g/mol. The normalized spacial score (nSPS) is 20.8. The Morgan fingerprint density at radius 1 is 0.923 bits per heavy atom. The van der Waals surface area contributed by atoms with Gasteiger partial charge in [-0.15, -0.1) is 22.2 Å². The van der Waals surface area contributed by atoms with Gasteiger partial charge in [0.25, 0.3) is 0 Å². The molecule has 0 spiro atoms. The van der Waals surface area contributed by atoms with Gasteiger partial charge in [0, 0.05) is 0 Å². The Labute approximate surface area is 88.7 Å². The van der Waals surface area contributed by atoms with Crippen molar-refractivity contribution in [2.45, 2.75) is 12.8 Å². The Morgan fingerprint density at radius 2 is 1.38 bits per heavy atom. The van der Waals surface area contributed by atoms with E-state index in [1.54, 1.807) is 0 Å². The summed E-state index contributed by atoms with van der Waals surface area (Å²) >= 11 is 12.9. The van der Waals surface area contributed by atoms with Crippen molar-refractivity contribution in [2.24, 2.45) is 0 Å². The van der Waals surface area contributed by atoms with Crippen molar-refractivity contribution in [3.63, 3.8) is 0 Å². The molecule has 0 nitrogen and oxygen atoms in total. The van der Waals surface area contributed by atoms with E-state index in [0.717, 1.165) is 12.8 Å². The summed E-state index contributed by atoms with van der Waals surface area (Å²) in [6, 6.07) is 0. The lowest BCUT2D eigenvalue weighted by molar-refractivity contribution is 1.34. The minimum Gasteiger partial charge on any atom is -0.134 e. The van der Waals surface area contributed by atoms with Crippen molar-refractivity contribution in [3.8, 4) is 0 Å². The van der Waals surface area contributed by atoms with Crippen molar-refractivity contribution >= 4 is 28.9 Å². The molecule has 0 unspecified atom stereocenters. The molecular weight excluding hydrogens is 219 g/mol. The minimum atomic E-state index is -2.30. The van der Waals surface area contributed by atoms with E-state index in [9.17, 15) is 0 Å². The number of halogens is 2. The molecule has 0 radical (unpaired) electrons. The Morgan fingerprint density at radius 3 is 1.69 bits per heavy atom. The molecule has 0 bridgehead atoms. The maximum absolute atomic E-state index is 6.44. The minimum absolute atomic E-state index is 0.927. The first-order chi connectivity index (χ1) is 6.21. The standard InChI is InChI=1S/C10H10Cl2Si/c11-13(12,9-5-1-2-6-9)10-7-3-4-8-10/h1-5,7H,6,8H2. The molecule has 0 amide bonds. The lowest BCUT2D eigenvalue weighted by atomic mass is 10.5. The molecule has 0 aromatic rings. The predicted octanol–water partition coefficient (Wildman–Crippen LogP) is 3.76. The fraction of sp³-hybridized carbons (Fsp3) is 0.200. The van der Waals surface area contributed by atoms with Crippen LogP contribution in [-0.4, -0.2) is 6.69 Å². The van der Waals surface area contributed by atoms with Gasteiger partial charge in [-0.3, -0.25) is 0 Å². The molecule has 0 heterocycles. The summed E-state index contributed by atoms with van der Waals surface area (Å²) < 4.78 is 0. The largest absolute Gasteiger partial charge is 0.303 e. The smallest absolute Gasteiger partial charge is 0.134 e. The van der Waals surface area contributed by atoms with Crippen LogP contribution in [0.2, 0.25) is 0 Å². The van der Waals surface area contributed by atoms with E-state index in [2.05, 4.69) is 24.3 Å². The zero-order valence-corrected chi connectivity index (χ0v) is 9.65. The van der Waals surface area contributed by atoms with Crippen LogP contribution in [0.25, 0.3) is 0 Å². The highest BCUT2D eigenvalue weighted by Gasteiger charge is 2.37. The average molecular weight is 229 g/mol. The fourth-order valence-corrected chi connectivity index (χ4v) is 5.02. The Bertz CT molecular complexity index is 303. The topological polar surface area (TPSA) is 0 Å². The number of hydrogen-bond acceptors (Lipinski definition) is 0. The molecule has 0 saturated heterocycles. The molecule has 0 N–H and O–H groups in total. The summed E-state index contributed by atoms with van der Waals surface area (Å²) in [5.41, 5.74) is 0. The van der Waals surface area contributed by atoms with Gasteiger partial charge in [-0.05, 0) is 23.2 Å². The van der Waals surface area contributed by atoms with Crippen molar-refractivity contribution < 1.29 is 0 Å². The van der Waals surface area contributed by atoms with Crippen molar-refractivity contribution in [2.75, 3.05) is 0 Å². The van der Waals surface area contributed by atoms with Crippen LogP contribution in [0.15, 0.2) is 46.8 Å². The zero-order chi connectivity index (χ0) is 9.31. The summed E-state index contributed by atoms with van der Waals surface area (Å²) in [6.45, 7) is -2.30. The van der Waals surface area contributed by atoms with Crippen LogP contribution in [0.5, 0.6) is 0 Å². The van der Waals surface area contributed by atoms with Crippen LogP contribution in [0.4, 0.5) is 0 Å². The Kier molecular flexibility index (Phi) is 2.50. The second-order valence-electron chi connectivity index (χ2n) is 3.22. The average Bonchev–Trinajstić information content (AvgIpc) is 2.78. The van der Waals surface area contributed by atoms with Gasteiger partial charge in [-0.25, -0.2) is 0 Å². The summed E-state index contributed by atoms with van der Waals surface area (Å²) in [4.78, 5) is 0. The van der Waals surface area contributed by atoms with Crippen LogP contribution in [0.1, 0.15) is 12.8 Å². The second-order valence-corrected chi connectivity index (χ2v) is 9.64. The van der Waals surface area contributed by atoms with Crippen LogP contribution in [0, 0.1) is 0 Å².